The van der Waals surface area contributed by atoms with Crippen LogP contribution < -0.4 is 10.6 Å². The molecule has 17 heavy (non-hydrogen) atoms. The summed E-state index contributed by atoms with van der Waals surface area (Å²) in [6.45, 7) is 5.99. The van der Waals surface area contributed by atoms with Crippen LogP contribution in [0, 0.1) is 17.8 Å². The zero-order valence-corrected chi connectivity index (χ0v) is 11.0. The molecule has 0 unspecified atom stereocenters. The van der Waals surface area contributed by atoms with Gasteiger partial charge in [-0.15, -0.1) is 0 Å². The number of aliphatic hydroxyl groups is 1. The van der Waals surface area contributed by atoms with Gasteiger partial charge in [-0.1, -0.05) is 13.8 Å². The number of amides is 2. The first-order chi connectivity index (χ1) is 8.11. The van der Waals surface area contributed by atoms with Gasteiger partial charge in [-0.3, -0.25) is 0 Å². The van der Waals surface area contributed by atoms with Gasteiger partial charge in [0.15, 0.2) is 0 Å². The molecule has 4 heteroatoms. The van der Waals surface area contributed by atoms with Crippen LogP contribution in [0.25, 0.3) is 0 Å². The van der Waals surface area contributed by atoms with Crippen molar-refractivity contribution < 1.29 is 9.90 Å². The summed E-state index contributed by atoms with van der Waals surface area (Å²) in [4.78, 5) is 11.5. The van der Waals surface area contributed by atoms with Crippen LogP contribution in [-0.4, -0.2) is 30.8 Å². The largest absolute Gasteiger partial charge is 0.396 e. The van der Waals surface area contributed by atoms with E-state index in [0.717, 1.165) is 19.4 Å². The fourth-order valence-electron chi connectivity index (χ4n) is 2.01. The van der Waals surface area contributed by atoms with Crippen LogP contribution in [0.1, 0.15) is 39.5 Å². The second kappa shape index (κ2) is 7.54. The lowest BCUT2D eigenvalue weighted by Gasteiger charge is -2.18. The smallest absolute Gasteiger partial charge is 0.314 e. The second-order valence-electron chi connectivity index (χ2n) is 5.54. The van der Waals surface area contributed by atoms with E-state index in [9.17, 15) is 4.79 Å². The zero-order chi connectivity index (χ0) is 12.7. The lowest BCUT2D eigenvalue weighted by molar-refractivity contribution is 0.225. The molecule has 0 saturated heterocycles. The summed E-state index contributed by atoms with van der Waals surface area (Å²) in [6, 6.07) is -0.0661. The predicted molar refractivity (Wildman–Crippen MR) is 68.8 cm³/mol. The average Bonchev–Trinajstić information content (AvgIpc) is 3.06. The van der Waals surface area contributed by atoms with Gasteiger partial charge in [-0.05, 0) is 43.4 Å². The number of carbonyl (C=O) groups is 1. The normalized spacial score (nSPS) is 16.9. The summed E-state index contributed by atoms with van der Waals surface area (Å²) < 4.78 is 0. The van der Waals surface area contributed by atoms with Crippen molar-refractivity contribution in [2.24, 2.45) is 17.8 Å². The summed E-state index contributed by atoms with van der Waals surface area (Å²) in [5.41, 5.74) is 0. The van der Waals surface area contributed by atoms with Crippen molar-refractivity contribution in [2.75, 3.05) is 19.7 Å². The molecule has 0 aromatic carbocycles. The molecule has 0 aromatic heterocycles. The van der Waals surface area contributed by atoms with Gasteiger partial charge in [-0.2, -0.15) is 0 Å². The fraction of sp³-hybridized carbons (Fsp3) is 0.923. The minimum atomic E-state index is -0.0661. The van der Waals surface area contributed by atoms with Crippen LogP contribution in [0.2, 0.25) is 0 Å². The van der Waals surface area contributed by atoms with Crippen molar-refractivity contribution in [3.63, 3.8) is 0 Å². The molecule has 0 bridgehead atoms. The van der Waals surface area contributed by atoms with Gasteiger partial charge in [0.25, 0.3) is 0 Å². The highest BCUT2D eigenvalue weighted by Gasteiger charge is 2.21. The van der Waals surface area contributed by atoms with Crippen molar-refractivity contribution >= 4 is 6.03 Å². The minimum absolute atomic E-state index is 0.0661. The summed E-state index contributed by atoms with van der Waals surface area (Å²) in [7, 11) is 0. The number of nitrogens with one attached hydrogen (secondary N) is 2. The summed E-state index contributed by atoms with van der Waals surface area (Å²) in [5, 5.41) is 14.7. The molecule has 0 radical (unpaired) electrons. The monoisotopic (exact) mass is 242 g/mol. The first-order valence-corrected chi connectivity index (χ1v) is 6.74. The van der Waals surface area contributed by atoms with Gasteiger partial charge in [0, 0.05) is 19.7 Å². The van der Waals surface area contributed by atoms with E-state index in [1.807, 2.05) is 0 Å². The second-order valence-corrected chi connectivity index (χ2v) is 5.54. The molecule has 1 fully saturated rings. The van der Waals surface area contributed by atoms with Crippen LogP contribution in [-0.2, 0) is 0 Å². The topological polar surface area (TPSA) is 61.4 Å². The van der Waals surface area contributed by atoms with Gasteiger partial charge in [0.2, 0.25) is 0 Å². The lowest BCUT2D eigenvalue weighted by Crippen LogP contribution is -2.39. The van der Waals surface area contributed by atoms with Crippen molar-refractivity contribution in [3.8, 4) is 0 Å². The number of rotatable bonds is 8. The zero-order valence-electron chi connectivity index (χ0n) is 11.0. The molecule has 1 saturated carbocycles. The maximum atomic E-state index is 11.5. The Balaban J connectivity index is 2.12. The Hall–Kier alpha value is -0.770. The maximum absolute atomic E-state index is 11.5. The molecule has 1 aliphatic rings. The van der Waals surface area contributed by atoms with E-state index in [1.165, 1.54) is 12.8 Å². The third-order valence-corrected chi connectivity index (χ3v) is 3.14. The maximum Gasteiger partial charge on any atom is 0.314 e. The molecule has 1 atom stereocenters. The van der Waals surface area contributed by atoms with Crippen LogP contribution >= 0.6 is 0 Å². The van der Waals surface area contributed by atoms with Crippen molar-refractivity contribution in [1.82, 2.24) is 10.6 Å². The first-order valence-electron chi connectivity index (χ1n) is 6.74. The Morgan fingerprint density at radius 2 is 2.06 bits per heavy atom. The molecule has 0 aromatic rings. The molecule has 2 amide bonds. The van der Waals surface area contributed by atoms with Crippen LogP contribution in [0.4, 0.5) is 4.79 Å². The Labute approximate surface area is 104 Å². The van der Waals surface area contributed by atoms with Gasteiger partial charge < -0.3 is 15.7 Å². The van der Waals surface area contributed by atoms with E-state index >= 15 is 0 Å². The van der Waals surface area contributed by atoms with Crippen LogP contribution in [0.15, 0.2) is 0 Å². The Bertz CT molecular complexity index is 227. The molecule has 1 rings (SSSR count). The Morgan fingerprint density at radius 3 is 2.59 bits per heavy atom. The third-order valence-electron chi connectivity index (χ3n) is 3.14. The predicted octanol–water partition coefficient (Wildman–Crippen LogP) is 1.74. The van der Waals surface area contributed by atoms with Crippen molar-refractivity contribution in [1.29, 1.82) is 0 Å². The minimum Gasteiger partial charge on any atom is -0.396 e. The van der Waals surface area contributed by atoms with E-state index < -0.39 is 0 Å². The standard InChI is InChI=1S/C13H26N2O2/c1-10(2)7-12(5-6-16)9-15-13(17)14-8-11-3-4-11/h10-12,16H,3-9H2,1-2H3,(H2,14,15,17)/t12-/m0/s1. The molecular weight excluding hydrogens is 216 g/mol. The summed E-state index contributed by atoms with van der Waals surface area (Å²) in [6.07, 6.45) is 4.31. The Morgan fingerprint density at radius 1 is 1.35 bits per heavy atom. The number of hydrogen-bond acceptors (Lipinski definition) is 2. The number of carbonyl (C=O) groups excluding carboxylic acids is 1. The van der Waals surface area contributed by atoms with Crippen LogP contribution in [0.5, 0.6) is 0 Å². The van der Waals surface area contributed by atoms with Gasteiger partial charge in [-0.25, -0.2) is 4.79 Å². The third kappa shape index (κ3) is 7.21. The van der Waals surface area contributed by atoms with E-state index in [0.29, 0.717) is 24.3 Å². The molecule has 0 spiro atoms. The Kier molecular flexibility index (Phi) is 6.34. The quantitative estimate of drug-likeness (QED) is 0.607. The summed E-state index contributed by atoms with van der Waals surface area (Å²) >= 11 is 0. The van der Waals surface area contributed by atoms with Crippen LogP contribution in [0.3, 0.4) is 0 Å². The van der Waals surface area contributed by atoms with Gasteiger partial charge in [0.05, 0.1) is 0 Å². The molecule has 4 nitrogen and oxygen atoms in total. The number of hydrogen-bond donors (Lipinski definition) is 3. The van der Waals surface area contributed by atoms with E-state index in [-0.39, 0.29) is 12.6 Å². The molecule has 3 N–H and O–H groups in total. The SMILES string of the molecule is CC(C)C[C@H](CCO)CNC(=O)NCC1CC1. The van der Waals surface area contributed by atoms with Crippen molar-refractivity contribution in [3.05, 3.63) is 0 Å². The van der Waals surface area contributed by atoms with E-state index in [2.05, 4.69) is 24.5 Å². The lowest BCUT2D eigenvalue weighted by atomic mass is 9.94. The highest BCUT2D eigenvalue weighted by atomic mass is 16.3. The number of aliphatic hydroxyl groups excluding tert-OH is 1. The molecule has 100 valence electrons. The highest BCUT2D eigenvalue weighted by molar-refractivity contribution is 5.73. The van der Waals surface area contributed by atoms with Gasteiger partial charge >= 0.3 is 6.03 Å². The molecule has 0 aliphatic heterocycles. The number of urea groups is 1. The molecular formula is C13H26N2O2. The van der Waals surface area contributed by atoms with E-state index in [4.69, 9.17) is 5.11 Å². The first kappa shape index (κ1) is 14.3. The average molecular weight is 242 g/mol. The fourth-order valence-corrected chi connectivity index (χ4v) is 2.01. The van der Waals surface area contributed by atoms with E-state index in [1.54, 1.807) is 0 Å². The van der Waals surface area contributed by atoms with Gasteiger partial charge in [0.1, 0.15) is 0 Å². The summed E-state index contributed by atoms with van der Waals surface area (Å²) in [5.74, 6) is 1.69. The molecule has 1 aliphatic carbocycles. The van der Waals surface area contributed by atoms with Crippen molar-refractivity contribution in [2.45, 2.75) is 39.5 Å². The highest BCUT2D eigenvalue weighted by Crippen LogP contribution is 2.27. The molecule has 0 heterocycles.